The van der Waals surface area contributed by atoms with E-state index in [0.29, 0.717) is 24.3 Å². The fourth-order valence-electron chi connectivity index (χ4n) is 2.68. The molecule has 0 aliphatic heterocycles. The normalized spacial score (nSPS) is 11.4. The Bertz CT molecular complexity index is 778. The Kier molecular flexibility index (Phi) is 9.48. The summed E-state index contributed by atoms with van der Waals surface area (Å²) in [4.78, 5) is 25.8. The smallest absolute Gasteiger partial charge is 0.314 e. The largest absolute Gasteiger partial charge is 0.508 e. The summed E-state index contributed by atoms with van der Waals surface area (Å²) in [5.74, 6) is -0.282. The van der Waals surface area contributed by atoms with Gasteiger partial charge >= 0.3 is 5.97 Å². The predicted octanol–water partition coefficient (Wildman–Crippen LogP) is 3.49. The Balaban J connectivity index is 0.00000392. The average Bonchev–Trinajstić information content (AvgIpc) is 2.61. The van der Waals surface area contributed by atoms with Gasteiger partial charge < -0.3 is 20.1 Å². The van der Waals surface area contributed by atoms with Gasteiger partial charge in [0.2, 0.25) is 5.91 Å². The molecule has 2 rings (SSSR count). The van der Waals surface area contributed by atoms with Gasteiger partial charge in [-0.2, -0.15) is 0 Å². The maximum absolute atomic E-state index is 12.7. The van der Waals surface area contributed by atoms with Gasteiger partial charge in [-0.25, -0.2) is 0 Å². The number of benzene rings is 2. The summed E-state index contributed by atoms with van der Waals surface area (Å²) < 4.78 is 5.53. The molecule has 28 heavy (non-hydrogen) atoms. The van der Waals surface area contributed by atoms with Gasteiger partial charge in [0, 0.05) is 12.6 Å². The van der Waals surface area contributed by atoms with Crippen LogP contribution in [0.5, 0.6) is 11.5 Å². The fraction of sp³-hybridized carbons (Fsp3) is 0.333. The second kappa shape index (κ2) is 11.3. The van der Waals surface area contributed by atoms with Crippen molar-refractivity contribution < 1.29 is 19.4 Å². The first-order valence-electron chi connectivity index (χ1n) is 8.86. The minimum Gasteiger partial charge on any atom is -0.508 e. The molecule has 0 aromatic heterocycles. The van der Waals surface area contributed by atoms with Crippen molar-refractivity contribution in [2.75, 3.05) is 26.0 Å². The van der Waals surface area contributed by atoms with E-state index in [0.717, 1.165) is 12.1 Å². The molecule has 2 aromatic carbocycles. The number of anilines is 1. The molecule has 0 saturated carbocycles. The summed E-state index contributed by atoms with van der Waals surface area (Å²) in [6.07, 6.45) is 1.02. The van der Waals surface area contributed by atoms with Crippen molar-refractivity contribution in [3.63, 3.8) is 0 Å². The number of esters is 1. The predicted molar refractivity (Wildman–Crippen MR) is 112 cm³/mol. The lowest BCUT2D eigenvalue weighted by atomic mass is 9.95. The molecular weight excluding hydrogens is 380 g/mol. The number of carbonyl (C=O) groups is 2. The second-order valence-corrected chi connectivity index (χ2v) is 6.75. The third-order valence-corrected chi connectivity index (χ3v) is 4.11. The molecule has 152 valence electrons. The number of amides is 1. The number of carbonyl (C=O) groups excluding carboxylic acids is 2. The molecule has 1 atom stereocenters. The summed E-state index contributed by atoms with van der Waals surface area (Å²) in [5, 5.41) is 12.7. The Hall–Kier alpha value is -2.57. The first-order chi connectivity index (χ1) is 12.8. The summed E-state index contributed by atoms with van der Waals surface area (Å²) in [6.45, 7) is 2.16. The van der Waals surface area contributed by atoms with E-state index in [1.807, 2.05) is 31.1 Å². The number of para-hydroxylation sites is 1. The number of phenols is 1. The molecule has 7 heteroatoms. The van der Waals surface area contributed by atoms with Gasteiger partial charge in [-0.3, -0.25) is 9.59 Å². The number of nitrogens with zero attached hydrogens (tertiary/aromatic N) is 1. The summed E-state index contributed by atoms with van der Waals surface area (Å²) in [7, 11) is 3.90. The van der Waals surface area contributed by atoms with Crippen LogP contribution in [0.1, 0.15) is 18.9 Å². The minimum atomic E-state index is -0.379. The van der Waals surface area contributed by atoms with E-state index in [9.17, 15) is 14.7 Å². The fourth-order valence-corrected chi connectivity index (χ4v) is 2.68. The molecule has 0 spiro atoms. The van der Waals surface area contributed by atoms with E-state index < -0.39 is 0 Å². The number of hydrogen-bond donors (Lipinski definition) is 2. The highest BCUT2D eigenvalue weighted by atomic mass is 35.5. The molecule has 6 nitrogen and oxygen atoms in total. The van der Waals surface area contributed by atoms with Crippen LogP contribution in [-0.4, -0.2) is 42.5 Å². The average molecular weight is 407 g/mol. The minimum absolute atomic E-state index is 0. The standard InChI is InChI=1S/C21H26N2O4.ClH/c1-15(24)22-18-8-10-19(11-9-18)27-21(26)17(12-13-23(2)3)14-16-6-4-5-7-20(16)25;/h4-11,17,25H,12-14H2,1-3H3,(H,22,24);1H. The van der Waals surface area contributed by atoms with Crippen LogP contribution in [0.4, 0.5) is 5.69 Å². The zero-order valence-electron chi connectivity index (χ0n) is 16.3. The molecule has 0 fully saturated rings. The molecule has 0 heterocycles. The van der Waals surface area contributed by atoms with Gasteiger partial charge in [-0.15, -0.1) is 12.4 Å². The highest BCUT2D eigenvalue weighted by Crippen LogP contribution is 2.24. The van der Waals surface area contributed by atoms with Crippen LogP contribution in [-0.2, 0) is 16.0 Å². The van der Waals surface area contributed by atoms with E-state index in [1.165, 1.54) is 6.92 Å². The third kappa shape index (κ3) is 7.58. The molecule has 2 aromatic rings. The van der Waals surface area contributed by atoms with Gasteiger partial charge in [-0.1, -0.05) is 18.2 Å². The van der Waals surface area contributed by atoms with Crippen LogP contribution in [0.25, 0.3) is 0 Å². The lowest BCUT2D eigenvalue weighted by Crippen LogP contribution is -2.27. The Morgan fingerprint density at radius 2 is 1.75 bits per heavy atom. The van der Waals surface area contributed by atoms with E-state index in [4.69, 9.17) is 4.74 Å². The number of nitrogens with one attached hydrogen (secondary N) is 1. The zero-order valence-corrected chi connectivity index (χ0v) is 17.2. The lowest BCUT2D eigenvalue weighted by Gasteiger charge is -2.19. The number of hydrogen-bond acceptors (Lipinski definition) is 5. The molecule has 0 bridgehead atoms. The molecule has 1 unspecified atom stereocenters. The maximum Gasteiger partial charge on any atom is 0.314 e. The van der Waals surface area contributed by atoms with Crippen LogP contribution >= 0.6 is 12.4 Å². The van der Waals surface area contributed by atoms with Gasteiger partial charge in [0.15, 0.2) is 0 Å². The summed E-state index contributed by atoms with van der Waals surface area (Å²) in [5.41, 5.74) is 1.36. The van der Waals surface area contributed by atoms with Crippen LogP contribution < -0.4 is 10.1 Å². The van der Waals surface area contributed by atoms with Crippen molar-refractivity contribution in [2.45, 2.75) is 19.8 Å². The first kappa shape index (κ1) is 23.5. The molecule has 0 radical (unpaired) electrons. The Labute approximate surface area is 171 Å². The van der Waals surface area contributed by atoms with E-state index in [-0.39, 0.29) is 36.0 Å². The molecule has 0 aliphatic rings. The summed E-state index contributed by atoms with van der Waals surface area (Å²) >= 11 is 0. The second-order valence-electron chi connectivity index (χ2n) is 6.75. The number of halogens is 1. The van der Waals surface area contributed by atoms with Gasteiger partial charge in [0.25, 0.3) is 0 Å². The molecule has 1 amide bonds. The number of ether oxygens (including phenoxy) is 1. The van der Waals surface area contributed by atoms with Crippen molar-refractivity contribution in [3.8, 4) is 11.5 Å². The number of aromatic hydroxyl groups is 1. The van der Waals surface area contributed by atoms with Gasteiger partial charge in [-0.05, 0) is 69.4 Å². The number of rotatable bonds is 8. The first-order valence-corrected chi connectivity index (χ1v) is 8.86. The highest BCUT2D eigenvalue weighted by molar-refractivity contribution is 5.88. The third-order valence-electron chi connectivity index (χ3n) is 4.11. The van der Waals surface area contributed by atoms with Gasteiger partial charge in [0.1, 0.15) is 11.5 Å². The van der Waals surface area contributed by atoms with Crippen molar-refractivity contribution in [3.05, 3.63) is 54.1 Å². The monoisotopic (exact) mass is 406 g/mol. The van der Waals surface area contributed by atoms with Crippen molar-refractivity contribution in [1.29, 1.82) is 0 Å². The van der Waals surface area contributed by atoms with Crippen LogP contribution in [0.3, 0.4) is 0 Å². The van der Waals surface area contributed by atoms with Crippen LogP contribution in [0.15, 0.2) is 48.5 Å². The van der Waals surface area contributed by atoms with Crippen LogP contribution in [0, 0.1) is 5.92 Å². The van der Waals surface area contributed by atoms with E-state index in [1.54, 1.807) is 36.4 Å². The topological polar surface area (TPSA) is 78.9 Å². The van der Waals surface area contributed by atoms with E-state index >= 15 is 0 Å². The van der Waals surface area contributed by atoms with Crippen molar-refractivity contribution in [2.24, 2.45) is 5.92 Å². The molecule has 2 N–H and O–H groups in total. The molecular formula is C21H27ClN2O4. The van der Waals surface area contributed by atoms with Crippen molar-refractivity contribution in [1.82, 2.24) is 4.90 Å². The van der Waals surface area contributed by atoms with Crippen LogP contribution in [0.2, 0.25) is 0 Å². The summed E-state index contributed by atoms with van der Waals surface area (Å²) in [6, 6.07) is 13.7. The Morgan fingerprint density at radius 3 is 2.32 bits per heavy atom. The van der Waals surface area contributed by atoms with Crippen molar-refractivity contribution >= 4 is 30.0 Å². The SMILES string of the molecule is CC(=O)Nc1ccc(OC(=O)C(CCN(C)C)Cc2ccccc2O)cc1.Cl. The maximum atomic E-state index is 12.7. The highest BCUT2D eigenvalue weighted by Gasteiger charge is 2.22. The number of phenolic OH excluding ortho intramolecular Hbond substituents is 1. The van der Waals surface area contributed by atoms with Gasteiger partial charge in [0.05, 0.1) is 5.92 Å². The van der Waals surface area contributed by atoms with E-state index in [2.05, 4.69) is 5.32 Å². The molecule has 0 aliphatic carbocycles. The Morgan fingerprint density at radius 1 is 1.11 bits per heavy atom. The molecule has 0 saturated heterocycles. The quantitative estimate of drug-likeness (QED) is 0.518. The lowest BCUT2D eigenvalue weighted by molar-refractivity contribution is -0.139. The zero-order chi connectivity index (χ0) is 19.8.